The summed E-state index contributed by atoms with van der Waals surface area (Å²) in [5.74, 6) is 0.336. The fraction of sp³-hybridized carbons (Fsp3) is 0.435. The Balaban J connectivity index is 1.60. The van der Waals surface area contributed by atoms with Crippen LogP contribution in [0.2, 0.25) is 0 Å². The summed E-state index contributed by atoms with van der Waals surface area (Å²) in [6.45, 7) is 7.33. The smallest absolute Gasteiger partial charge is 0.317 e. The largest absolute Gasteiger partial charge is 0.336 e. The molecular formula is C23H28N4O3. The van der Waals surface area contributed by atoms with Gasteiger partial charge in [0, 0.05) is 55.5 Å². The Bertz CT molecular complexity index is 1030. The van der Waals surface area contributed by atoms with Crippen LogP contribution in [-0.4, -0.2) is 40.5 Å². The van der Waals surface area contributed by atoms with Gasteiger partial charge in [0.05, 0.1) is 0 Å². The second kappa shape index (κ2) is 7.97. The number of likely N-dealkylation sites (tertiary alicyclic amines) is 1. The van der Waals surface area contributed by atoms with Gasteiger partial charge in [-0.25, -0.2) is 4.79 Å². The Morgan fingerprint density at radius 1 is 1.03 bits per heavy atom. The highest BCUT2D eigenvalue weighted by Gasteiger charge is 2.36. The summed E-state index contributed by atoms with van der Waals surface area (Å²) >= 11 is 0. The van der Waals surface area contributed by atoms with Gasteiger partial charge in [0.15, 0.2) is 0 Å². The van der Waals surface area contributed by atoms with Crippen LogP contribution >= 0.6 is 0 Å². The molecule has 2 aliphatic heterocycles. The van der Waals surface area contributed by atoms with Gasteiger partial charge in [-0.15, -0.1) is 0 Å². The molecular weight excluding hydrogens is 380 g/mol. The van der Waals surface area contributed by atoms with Gasteiger partial charge in [0.25, 0.3) is 5.56 Å². The van der Waals surface area contributed by atoms with Crippen molar-refractivity contribution in [1.29, 1.82) is 0 Å². The van der Waals surface area contributed by atoms with E-state index in [2.05, 4.69) is 10.6 Å². The lowest BCUT2D eigenvalue weighted by Crippen LogP contribution is -2.52. The van der Waals surface area contributed by atoms with E-state index < -0.39 is 0 Å². The van der Waals surface area contributed by atoms with Crippen LogP contribution in [0.15, 0.2) is 41.2 Å². The lowest BCUT2D eigenvalue weighted by molar-refractivity contribution is -0.114. The van der Waals surface area contributed by atoms with Gasteiger partial charge in [-0.05, 0) is 56.0 Å². The summed E-state index contributed by atoms with van der Waals surface area (Å²) in [6, 6.07) is 11.3. The SMILES string of the molecule is CC(=O)Nc1ccc(-c2ccc3n(c2=O)CC2CC3CN(C(=O)NC(C)C)C2)cc1. The Morgan fingerprint density at radius 3 is 2.43 bits per heavy atom. The third kappa shape index (κ3) is 3.97. The quantitative estimate of drug-likeness (QED) is 0.819. The number of fused-ring (bicyclic) bond motifs is 4. The predicted octanol–water partition coefficient (Wildman–Crippen LogP) is 3.01. The first kappa shape index (κ1) is 20.2. The Hall–Kier alpha value is -3.09. The topological polar surface area (TPSA) is 83.4 Å². The van der Waals surface area contributed by atoms with Gasteiger partial charge in [-0.1, -0.05) is 12.1 Å². The summed E-state index contributed by atoms with van der Waals surface area (Å²) < 4.78 is 1.90. The minimum atomic E-state index is -0.126. The maximum absolute atomic E-state index is 13.3. The number of rotatable bonds is 3. The lowest BCUT2D eigenvalue weighted by atomic mass is 9.83. The van der Waals surface area contributed by atoms with E-state index in [1.807, 2.05) is 47.6 Å². The normalized spacial score (nSPS) is 19.9. The number of benzene rings is 1. The molecule has 2 aromatic rings. The number of urea groups is 1. The summed E-state index contributed by atoms with van der Waals surface area (Å²) in [7, 11) is 0. The molecule has 30 heavy (non-hydrogen) atoms. The predicted molar refractivity (Wildman–Crippen MR) is 117 cm³/mol. The van der Waals surface area contributed by atoms with Crippen molar-refractivity contribution in [3.63, 3.8) is 0 Å². The van der Waals surface area contributed by atoms with Crippen LogP contribution in [0, 0.1) is 5.92 Å². The number of piperidine rings is 1. The fourth-order valence-corrected chi connectivity index (χ4v) is 4.61. The van der Waals surface area contributed by atoms with Crippen molar-refractivity contribution in [2.45, 2.75) is 45.7 Å². The minimum absolute atomic E-state index is 0.00885. The van der Waals surface area contributed by atoms with E-state index in [9.17, 15) is 14.4 Å². The van der Waals surface area contributed by atoms with Crippen molar-refractivity contribution in [3.05, 3.63) is 52.4 Å². The van der Waals surface area contributed by atoms with E-state index in [4.69, 9.17) is 0 Å². The summed E-state index contributed by atoms with van der Waals surface area (Å²) in [5, 5.41) is 5.72. The van der Waals surface area contributed by atoms with Gasteiger partial charge < -0.3 is 20.1 Å². The minimum Gasteiger partial charge on any atom is -0.336 e. The molecule has 0 saturated carbocycles. The Kier molecular flexibility index (Phi) is 5.37. The highest BCUT2D eigenvalue weighted by atomic mass is 16.2. The number of nitrogens with one attached hydrogen (secondary N) is 2. The maximum atomic E-state index is 13.3. The molecule has 2 atom stereocenters. The van der Waals surface area contributed by atoms with Crippen molar-refractivity contribution in [1.82, 2.24) is 14.8 Å². The molecule has 1 aromatic heterocycles. The molecule has 0 aliphatic carbocycles. The van der Waals surface area contributed by atoms with E-state index in [0.29, 0.717) is 30.9 Å². The molecule has 0 radical (unpaired) electrons. The van der Waals surface area contributed by atoms with Crippen LogP contribution in [0.1, 0.15) is 38.8 Å². The Labute approximate surface area is 176 Å². The number of pyridine rings is 1. The third-order valence-electron chi connectivity index (χ3n) is 5.82. The van der Waals surface area contributed by atoms with Crippen LogP contribution < -0.4 is 16.2 Å². The zero-order valence-electron chi connectivity index (χ0n) is 17.6. The number of amides is 3. The number of carbonyl (C=O) groups is 2. The second-order valence-corrected chi connectivity index (χ2v) is 8.65. The molecule has 2 unspecified atom stereocenters. The van der Waals surface area contributed by atoms with E-state index >= 15 is 0 Å². The highest BCUT2D eigenvalue weighted by Crippen LogP contribution is 2.35. The standard InChI is InChI=1S/C23H28N4O3/c1-14(2)24-23(30)26-11-16-10-18(13-26)21-9-8-20(22(29)27(21)12-16)17-4-6-19(7-5-17)25-15(3)28/h4-9,14,16,18H,10-13H2,1-3H3,(H,24,30)(H,25,28). The molecule has 7 heteroatoms. The molecule has 1 aromatic carbocycles. The van der Waals surface area contributed by atoms with Crippen LogP contribution in [-0.2, 0) is 11.3 Å². The molecule has 7 nitrogen and oxygen atoms in total. The number of nitrogens with zero attached hydrogens (tertiary/aromatic N) is 2. The average Bonchev–Trinajstić information content (AvgIpc) is 2.68. The van der Waals surface area contributed by atoms with Gasteiger partial charge in [0.1, 0.15) is 0 Å². The lowest BCUT2D eigenvalue weighted by Gasteiger charge is -2.43. The fourth-order valence-electron chi connectivity index (χ4n) is 4.61. The number of hydrogen-bond acceptors (Lipinski definition) is 3. The molecule has 3 heterocycles. The molecule has 1 fully saturated rings. The number of anilines is 1. The molecule has 2 aliphatic rings. The van der Waals surface area contributed by atoms with Crippen LogP contribution in [0.3, 0.4) is 0 Å². The van der Waals surface area contributed by atoms with Gasteiger partial charge >= 0.3 is 6.03 Å². The number of hydrogen-bond donors (Lipinski definition) is 2. The zero-order chi connectivity index (χ0) is 21.4. The molecule has 158 valence electrons. The van der Waals surface area contributed by atoms with Crippen molar-refractivity contribution in [2.75, 3.05) is 18.4 Å². The second-order valence-electron chi connectivity index (χ2n) is 8.65. The molecule has 0 spiro atoms. The first-order valence-electron chi connectivity index (χ1n) is 10.5. The van der Waals surface area contributed by atoms with Gasteiger partial charge in [0.2, 0.25) is 5.91 Å². The van der Waals surface area contributed by atoms with E-state index in [1.54, 1.807) is 12.1 Å². The van der Waals surface area contributed by atoms with Crippen molar-refractivity contribution < 1.29 is 9.59 Å². The van der Waals surface area contributed by atoms with Crippen LogP contribution in [0.25, 0.3) is 11.1 Å². The van der Waals surface area contributed by atoms with Gasteiger partial charge in [-0.2, -0.15) is 0 Å². The number of aromatic nitrogens is 1. The molecule has 3 amide bonds. The summed E-state index contributed by atoms with van der Waals surface area (Å²) in [4.78, 5) is 38.8. The van der Waals surface area contributed by atoms with Crippen molar-refractivity contribution in [2.24, 2.45) is 5.92 Å². The van der Waals surface area contributed by atoms with E-state index in [1.165, 1.54) is 6.92 Å². The molecule has 1 saturated heterocycles. The third-order valence-corrected chi connectivity index (χ3v) is 5.82. The van der Waals surface area contributed by atoms with Gasteiger partial charge in [-0.3, -0.25) is 9.59 Å². The Morgan fingerprint density at radius 2 is 1.77 bits per heavy atom. The summed E-state index contributed by atoms with van der Waals surface area (Å²) in [5.41, 5.74) is 3.21. The number of carbonyl (C=O) groups excluding carboxylic acids is 2. The monoisotopic (exact) mass is 408 g/mol. The highest BCUT2D eigenvalue weighted by molar-refractivity contribution is 5.89. The molecule has 2 bridgehead atoms. The van der Waals surface area contributed by atoms with Crippen molar-refractivity contribution >= 4 is 17.6 Å². The van der Waals surface area contributed by atoms with E-state index in [0.717, 1.165) is 17.7 Å². The first-order chi connectivity index (χ1) is 14.3. The van der Waals surface area contributed by atoms with E-state index in [-0.39, 0.29) is 35.4 Å². The molecule has 2 N–H and O–H groups in total. The first-order valence-corrected chi connectivity index (χ1v) is 10.5. The zero-order valence-corrected chi connectivity index (χ0v) is 17.6. The van der Waals surface area contributed by atoms with Crippen molar-refractivity contribution in [3.8, 4) is 11.1 Å². The molecule has 4 rings (SSSR count). The van der Waals surface area contributed by atoms with Crippen LogP contribution in [0.4, 0.5) is 10.5 Å². The van der Waals surface area contributed by atoms with Crippen LogP contribution in [0.5, 0.6) is 0 Å². The summed E-state index contributed by atoms with van der Waals surface area (Å²) in [6.07, 6.45) is 1.01. The average molecular weight is 409 g/mol. The maximum Gasteiger partial charge on any atom is 0.317 e.